The molecular formula is C17H21NO6. The molecule has 0 aliphatic carbocycles. The highest BCUT2D eigenvalue weighted by Gasteiger charge is 2.21. The molecule has 7 nitrogen and oxygen atoms in total. The van der Waals surface area contributed by atoms with Crippen LogP contribution >= 0.6 is 0 Å². The molecule has 2 aliphatic rings. The van der Waals surface area contributed by atoms with Crippen LogP contribution in [0.25, 0.3) is 0 Å². The Labute approximate surface area is 140 Å². The van der Waals surface area contributed by atoms with Crippen LogP contribution in [0.2, 0.25) is 0 Å². The van der Waals surface area contributed by atoms with Crippen LogP contribution in [-0.4, -0.2) is 44.3 Å². The van der Waals surface area contributed by atoms with Gasteiger partial charge in [-0.15, -0.1) is 0 Å². The molecule has 24 heavy (non-hydrogen) atoms. The number of ether oxygens (including phenoxy) is 5. The highest BCUT2D eigenvalue weighted by Crippen LogP contribution is 2.33. The van der Waals surface area contributed by atoms with E-state index in [4.69, 9.17) is 23.7 Å². The molecule has 2 heterocycles. The molecule has 130 valence electrons. The molecule has 0 saturated carbocycles. The van der Waals surface area contributed by atoms with Crippen molar-refractivity contribution in [2.75, 3.05) is 27.2 Å². The van der Waals surface area contributed by atoms with Gasteiger partial charge in [-0.1, -0.05) is 6.07 Å². The minimum Gasteiger partial charge on any atom is -0.459 e. The van der Waals surface area contributed by atoms with Crippen molar-refractivity contribution in [1.29, 1.82) is 0 Å². The summed E-state index contributed by atoms with van der Waals surface area (Å²) in [6.45, 7) is 4.25. The van der Waals surface area contributed by atoms with E-state index in [2.05, 4.69) is 0 Å². The van der Waals surface area contributed by atoms with E-state index in [1.165, 1.54) is 0 Å². The fraction of sp³-hybridized carbons (Fsp3) is 0.471. The van der Waals surface area contributed by atoms with E-state index in [1.54, 1.807) is 18.9 Å². The summed E-state index contributed by atoms with van der Waals surface area (Å²) in [5, 5.41) is 0. The van der Waals surface area contributed by atoms with Gasteiger partial charge in [0.15, 0.2) is 23.9 Å². The summed E-state index contributed by atoms with van der Waals surface area (Å²) in [6.07, 6.45) is 0.280. The number of amides is 1. The van der Waals surface area contributed by atoms with Gasteiger partial charge in [-0.2, -0.15) is 0 Å². The van der Waals surface area contributed by atoms with E-state index in [-0.39, 0.29) is 26.2 Å². The van der Waals surface area contributed by atoms with E-state index in [1.807, 2.05) is 25.1 Å². The lowest BCUT2D eigenvalue weighted by molar-refractivity contribution is 0.0521. The molecular weight excluding hydrogens is 314 g/mol. The summed E-state index contributed by atoms with van der Waals surface area (Å²) in [7, 11) is 1.72. The Balaban J connectivity index is 1.53. The van der Waals surface area contributed by atoms with Crippen LogP contribution in [0.15, 0.2) is 29.7 Å². The molecule has 1 aromatic carbocycles. The molecule has 1 amide bonds. The zero-order chi connectivity index (χ0) is 17.1. The molecule has 0 saturated heterocycles. The largest absolute Gasteiger partial charge is 0.459 e. The van der Waals surface area contributed by atoms with Gasteiger partial charge in [0, 0.05) is 13.1 Å². The molecule has 3 rings (SSSR count). The average molecular weight is 335 g/mol. The maximum absolute atomic E-state index is 12.2. The molecule has 1 aromatic rings. The van der Waals surface area contributed by atoms with Gasteiger partial charge in [-0.3, -0.25) is 0 Å². The van der Waals surface area contributed by atoms with Crippen molar-refractivity contribution in [3.8, 4) is 11.5 Å². The van der Waals surface area contributed by atoms with Crippen LogP contribution in [0.5, 0.6) is 11.5 Å². The van der Waals surface area contributed by atoms with E-state index in [0.29, 0.717) is 17.9 Å². The Kier molecular flexibility index (Phi) is 4.69. The predicted molar refractivity (Wildman–Crippen MR) is 84.6 cm³/mol. The fourth-order valence-electron chi connectivity index (χ4n) is 2.47. The lowest BCUT2D eigenvalue weighted by Gasteiger charge is -2.24. The molecule has 0 aromatic heterocycles. The van der Waals surface area contributed by atoms with E-state index >= 15 is 0 Å². The monoisotopic (exact) mass is 335 g/mol. The number of hydrogen-bond acceptors (Lipinski definition) is 6. The third-order valence-electron chi connectivity index (χ3n) is 4.15. The number of fused-ring (bicyclic) bond motifs is 1. The van der Waals surface area contributed by atoms with Crippen LogP contribution in [0.3, 0.4) is 0 Å². The van der Waals surface area contributed by atoms with Gasteiger partial charge in [-0.05, 0) is 38.0 Å². The Bertz CT molecular complexity index is 656. The number of carbonyl (C=O) groups is 1. The molecule has 7 heteroatoms. The topological polar surface area (TPSA) is 66.5 Å². The zero-order valence-corrected chi connectivity index (χ0v) is 14.0. The highest BCUT2D eigenvalue weighted by atomic mass is 16.7. The summed E-state index contributed by atoms with van der Waals surface area (Å²) in [5.41, 5.74) is 1.07. The first-order valence-electron chi connectivity index (χ1n) is 7.78. The molecule has 0 bridgehead atoms. The van der Waals surface area contributed by atoms with Crippen molar-refractivity contribution >= 4 is 6.09 Å². The van der Waals surface area contributed by atoms with Crippen LogP contribution in [0.4, 0.5) is 4.79 Å². The second-order valence-electron chi connectivity index (χ2n) is 5.79. The summed E-state index contributed by atoms with van der Waals surface area (Å²) in [5.74, 6) is 2.70. The van der Waals surface area contributed by atoms with Gasteiger partial charge >= 0.3 is 6.09 Å². The molecule has 0 N–H and O–H groups in total. The lowest BCUT2D eigenvalue weighted by atomic mass is 10.1. The number of hydrogen-bond donors (Lipinski definition) is 0. The van der Waals surface area contributed by atoms with Crippen molar-refractivity contribution in [1.82, 2.24) is 4.90 Å². The van der Waals surface area contributed by atoms with E-state index in [0.717, 1.165) is 17.1 Å². The molecule has 0 spiro atoms. The second kappa shape index (κ2) is 6.90. The van der Waals surface area contributed by atoms with Crippen molar-refractivity contribution in [3.05, 3.63) is 35.3 Å². The summed E-state index contributed by atoms with van der Waals surface area (Å²) >= 11 is 0. The Morgan fingerprint density at radius 2 is 1.96 bits per heavy atom. The number of carbonyl (C=O) groups excluding carboxylic acids is 1. The van der Waals surface area contributed by atoms with Crippen LogP contribution < -0.4 is 9.47 Å². The Morgan fingerprint density at radius 1 is 1.21 bits per heavy atom. The number of rotatable bonds is 5. The lowest BCUT2D eigenvalue weighted by Crippen LogP contribution is -2.37. The molecule has 0 unspecified atom stereocenters. The summed E-state index contributed by atoms with van der Waals surface area (Å²) < 4.78 is 26.3. The van der Waals surface area contributed by atoms with Gasteiger partial charge in [0.1, 0.15) is 5.76 Å². The number of nitrogens with zero attached hydrogens (tertiary/aromatic N) is 1. The van der Waals surface area contributed by atoms with Crippen molar-refractivity contribution < 1.29 is 28.5 Å². The van der Waals surface area contributed by atoms with Gasteiger partial charge in [0.25, 0.3) is 0 Å². The fourth-order valence-corrected chi connectivity index (χ4v) is 2.47. The first-order chi connectivity index (χ1) is 11.5. The number of likely N-dealkylation sites (N-methyl/N-ethyl adjacent to an activating group) is 1. The van der Waals surface area contributed by atoms with Gasteiger partial charge in [-0.25, -0.2) is 4.79 Å². The van der Waals surface area contributed by atoms with Crippen LogP contribution in [0.1, 0.15) is 19.4 Å². The van der Waals surface area contributed by atoms with Crippen molar-refractivity contribution in [2.24, 2.45) is 0 Å². The third-order valence-corrected chi connectivity index (χ3v) is 4.15. The van der Waals surface area contributed by atoms with Gasteiger partial charge in [0.05, 0.1) is 0 Å². The molecule has 0 fully saturated rings. The molecule has 2 aliphatic heterocycles. The quantitative estimate of drug-likeness (QED) is 0.824. The van der Waals surface area contributed by atoms with Crippen molar-refractivity contribution in [2.45, 2.75) is 26.3 Å². The van der Waals surface area contributed by atoms with Crippen LogP contribution in [-0.2, 0) is 20.6 Å². The highest BCUT2D eigenvalue weighted by molar-refractivity contribution is 5.67. The van der Waals surface area contributed by atoms with Gasteiger partial charge < -0.3 is 28.6 Å². The maximum Gasteiger partial charge on any atom is 0.410 e. The average Bonchev–Trinajstić information content (AvgIpc) is 3.20. The Hall–Kier alpha value is -2.57. The smallest absolute Gasteiger partial charge is 0.410 e. The molecule has 1 atom stereocenters. The summed E-state index contributed by atoms with van der Waals surface area (Å²) in [4.78, 5) is 13.7. The van der Waals surface area contributed by atoms with Crippen LogP contribution in [0, 0.1) is 0 Å². The van der Waals surface area contributed by atoms with Gasteiger partial charge in [0.2, 0.25) is 13.6 Å². The number of allylic oxidation sites excluding steroid dienone is 1. The van der Waals surface area contributed by atoms with Crippen molar-refractivity contribution in [3.63, 3.8) is 0 Å². The normalized spacial score (nSPS) is 16.5. The number of benzene rings is 1. The summed E-state index contributed by atoms with van der Waals surface area (Å²) in [6, 6.07) is 5.76. The SMILES string of the molecule is CC1=C(COC(=O)N(C)[C@H](C)Cc2ccc3c(c2)OCO3)OCO1. The second-order valence-corrected chi connectivity index (χ2v) is 5.79. The first-order valence-corrected chi connectivity index (χ1v) is 7.78. The maximum atomic E-state index is 12.2. The predicted octanol–water partition coefficient (Wildman–Crippen LogP) is 2.65. The zero-order valence-electron chi connectivity index (χ0n) is 14.0. The third kappa shape index (κ3) is 3.50. The molecule has 0 radical (unpaired) electrons. The van der Waals surface area contributed by atoms with E-state index in [9.17, 15) is 4.79 Å². The van der Waals surface area contributed by atoms with E-state index < -0.39 is 6.09 Å². The standard InChI is InChI=1S/C17H21NO6/c1-11(6-13-4-5-14-15(7-13)23-10-22-14)18(3)17(19)20-8-16-12(2)21-9-24-16/h4-5,7,11H,6,8-10H2,1-3H3/t11-/m1/s1. The first kappa shape index (κ1) is 16.3. The Morgan fingerprint density at radius 3 is 2.71 bits per heavy atom. The minimum atomic E-state index is -0.404. The minimum absolute atomic E-state index is 0.0336.